The van der Waals surface area contributed by atoms with Gasteiger partial charge in [-0.05, 0) is 57.4 Å². The molecule has 4 rings (SSSR count). The van der Waals surface area contributed by atoms with Crippen LogP contribution < -0.4 is 15.0 Å². The Bertz CT molecular complexity index is 1100. The SMILES string of the molecule is COc1ccc(CNC(=O)c2cnc(C)nc2C2CCCN2c2nc(C)cc(C)n2)cc1. The van der Waals surface area contributed by atoms with Crippen molar-refractivity contribution >= 4 is 11.9 Å². The Hall–Kier alpha value is -3.55. The van der Waals surface area contributed by atoms with Crippen LogP contribution in [0.2, 0.25) is 0 Å². The Morgan fingerprint density at radius 3 is 2.53 bits per heavy atom. The summed E-state index contributed by atoms with van der Waals surface area (Å²) >= 11 is 0. The largest absolute Gasteiger partial charge is 0.497 e. The average Bonchev–Trinajstić information content (AvgIpc) is 3.27. The summed E-state index contributed by atoms with van der Waals surface area (Å²) in [6.07, 6.45) is 3.49. The molecular weight excluding hydrogens is 404 g/mol. The molecule has 1 N–H and O–H groups in total. The van der Waals surface area contributed by atoms with Gasteiger partial charge >= 0.3 is 0 Å². The minimum Gasteiger partial charge on any atom is -0.497 e. The van der Waals surface area contributed by atoms with Crippen molar-refractivity contribution < 1.29 is 9.53 Å². The summed E-state index contributed by atoms with van der Waals surface area (Å²) in [7, 11) is 1.63. The van der Waals surface area contributed by atoms with Crippen LogP contribution in [-0.2, 0) is 6.54 Å². The number of hydrogen-bond acceptors (Lipinski definition) is 7. The molecule has 1 atom stereocenters. The van der Waals surface area contributed by atoms with Gasteiger partial charge in [0.1, 0.15) is 11.6 Å². The highest BCUT2D eigenvalue weighted by Crippen LogP contribution is 2.35. The molecule has 1 fully saturated rings. The van der Waals surface area contributed by atoms with E-state index in [1.807, 2.05) is 51.1 Å². The summed E-state index contributed by atoms with van der Waals surface area (Å²) in [5, 5.41) is 3.00. The number of aromatic nitrogens is 4. The lowest BCUT2D eigenvalue weighted by atomic mass is 10.1. The first-order valence-electron chi connectivity index (χ1n) is 10.8. The molecule has 1 saturated heterocycles. The van der Waals surface area contributed by atoms with E-state index in [-0.39, 0.29) is 11.9 Å². The van der Waals surface area contributed by atoms with Crippen molar-refractivity contribution in [3.8, 4) is 5.75 Å². The number of rotatable bonds is 6. The lowest BCUT2D eigenvalue weighted by Gasteiger charge is -2.26. The van der Waals surface area contributed by atoms with Gasteiger partial charge in [0.05, 0.1) is 24.4 Å². The highest BCUT2D eigenvalue weighted by molar-refractivity contribution is 5.95. The van der Waals surface area contributed by atoms with Crippen molar-refractivity contribution in [2.24, 2.45) is 0 Å². The molecule has 0 saturated carbocycles. The van der Waals surface area contributed by atoms with E-state index in [9.17, 15) is 4.79 Å². The maximum atomic E-state index is 13.1. The van der Waals surface area contributed by atoms with Gasteiger partial charge in [0.2, 0.25) is 5.95 Å². The van der Waals surface area contributed by atoms with Gasteiger partial charge in [-0.2, -0.15) is 0 Å². The van der Waals surface area contributed by atoms with Crippen molar-refractivity contribution in [2.45, 2.75) is 46.2 Å². The van der Waals surface area contributed by atoms with Crippen molar-refractivity contribution in [3.05, 3.63) is 70.6 Å². The van der Waals surface area contributed by atoms with Crippen LogP contribution in [0.15, 0.2) is 36.5 Å². The number of carbonyl (C=O) groups is 1. The first kappa shape index (κ1) is 21.7. The Balaban J connectivity index is 1.58. The Morgan fingerprint density at radius 2 is 1.84 bits per heavy atom. The first-order valence-corrected chi connectivity index (χ1v) is 10.8. The van der Waals surface area contributed by atoms with E-state index in [0.717, 1.165) is 47.8 Å². The monoisotopic (exact) mass is 432 g/mol. The molecule has 0 bridgehead atoms. The van der Waals surface area contributed by atoms with Gasteiger partial charge in [-0.3, -0.25) is 4.79 Å². The number of nitrogens with zero attached hydrogens (tertiary/aromatic N) is 5. The molecule has 0 spiro atoms. The number of anilines is 1. The highest BCUT2D eigenvalue weighted by Gasteiger charge is 2.33. The van der Waals surface area contributed by atoms with Crippen LogP contribution in [0, 0.1) is 20.8 Å². The Kier molecular flexibility index (Phi) is 6.30. The summed E-state index contributed by atoms with van der Waals surface area (Å²) in [6, 6.07) is 9.51. The van der Waals surface area contributed by atoms with Crippen molar-refractivity contribution in [2.75, 3.05) is 18.6 Å². The summed E-state index contributed by atoms with van der Waals surface area (Å²) in [4.78, 5) is 33.5. The van der Waals surface area contributed by atoms with Gasteiger partial charge in [0.15, 0.2) is 0 Å². The third-order valence-electron chi connectivity index (χ3n) is 5.59. The first-order chi connectivity index (χ1) is 15.4. The zero-order chi connectivity index (χ0) is 22.7. The minimum atomic E-state index is -0.191. The van der Waals surface area contributed by atoms with Gasteiger partial charge in [0.25, 0.3) is 5.91 Å². The van der Waals surface area contributed by atoms with E-state index in [2.05, 4.69) is 30.2 Å². The molecule has 0 aliphatic carbocycles. The number of nitrogens with one attached hydrogen (secondary N) is 1. The normalized spacial score (nSPS) is 15.6. The van der Waals surface area contributed by atoms with E-state index in [0.29, 0.717) is 23.9 Å². The highest BCUT2D eigenvalue weighted by atomic mass is 16.5. The molecule has 1 aliphatic rings. The second kappa shape index (κ2) is 9.30. The van der Waals surface area contributed by atoms with Crippen LogP contribution in [0.1, 0.15) is 57.7 Å². The van der Waals surface area contributed by atoms with Gasteiger partial charge < -0.3 is 15.0 Å². The number of carbonyl (C=O) groups excluding carboxylic acids is 1. The fourth-order valence-electron chi connectivity index (χ4n) is 4.06. The molecular formula is C24H28N6O2. The lowest BCUT2D eigenvalue weighted by molar-refractivity contribution is 0.0948. The molecule has 8 nitrogen and oxygen atoms in total. The maximum absolute atomic E-state index is 13.1. The fourth-order valence-corrected chi connectivity index (χ4v) is 4.06. The van der Waals surface area contributed by atoms with Crippen LogP contribution in [0.5, 0.6) is 5.75 Å². The number of hydrogen-bond donors (Lipinski definition) is 1. The average molecular weight is 433 g/mol. The second-order valence-electron chi connectivity index (χ2n) is 8.05. The van der Waals surface area contributed by atoms with Crippen LogP contribution in [0.25, 0.3) is 0 Å². The fraction of sp³-hybridized carbons (Fsp3) is 0.375. The van der Waals surface area contributed by atoms with Gasteiger partial charge in [-0.25, -0.2) is 19.9 Å². The van der Waals surface area contributed by atoms with Crippen molar-refractivity contribution in [1.82, 2.24) is 25.3 Å². The number of benzene rings is 1. The Morgan fingerprint density at radius 1 is 1.12 bits per heavy atom. The van der Waals surface area contributed by atoms with E-state index in [1.165, 1.54) is 0 Å². The molecule has 1 unspecified atom stereocenters. The number of methoxy groups -OCH3 is 1. The predicted molar refractivity (Wildman–Crippen MR) is 122 cm³/mol. The summed E-state index contributed by atoms with van der Waals surface area (Å²) < 4.78 is 5.19. The quantitative estimate of drug-likeness (QED) is 0.637. The molecule has 166 valence electrons. The van der Waals surface area contributed by atoms with E-state index >= 15 is 0 Å². The van der Waals surface area contributed by atoms with Gasteiger partial charge in [-0.1, -0.05) is 12.1 Å². The van der Waals surface area contributed by atoms with Crippen LogP contribution in [0.4, 0.5) is 5.95 Å². The number of ether oxygens (including phenoxy) is 1. The minimum absolute atomic E-state index is 0.0698. The molecule has 1 amide bonds. The van der Waals surface area contributed by atoms with E-state index < -0.39 is 0 Å². The third kappa shape index (κ3) is 4.69. The zero-order valence-corrected chi connectivity index (χ0v) is 18.9. The maximum Gasteiger partial charge on any atom is 0.255 e. The lowest BCUT2D eigenvalue weighted by Crippen LogP contribution is -2.30. The molecule has 3 heterocycles. The molecule has 2 aromatic heterocycles. The molecule has 3 aromatic rings. The predicted octanol–water partition coefficient (Wildman–Crippen LogP) is 3.47. The molecule has 32 heavy (non-hydrogen) atoms. The molecule has 8 heteroatoms. The van der Waals surface area contributed by atoms with Crippen LogP contribution >= 0.6 is 0 Å². The topological polar surface area (TPSA) is 93.1 Å². The van der Waals surface area contributed by atoms with Gasteiger partial charge in [0, 0.05) is 30.7 Å². The van der Waals surface area contributed by atoms with Crippen LogP contribution in [0.3, 0.4) is 0 Å². The van der Waals surface area contributed by atoms with Crippen LogP contribution in [-0.4, -0.2) is 39.5 Å². The van der Waals surface area contributed by atoms with E-state index in [1.54, 1.807) is 13.3 Å². The summed E-state index contributed by atoms with van der Waals surface area (Å²) in [6.45, 7) is 7.01. The Labute approximate surface area is 188 Å². The summed E-state index contributed by atoms with van der Waals surface area (Å²) in [5.74, 6) is 1.92. The van der Waals surface area contributed by atoms with Gasteiger partial charge in [-0.15, -0.1) is 0 Å². The zero-order valence-electron chi connectivity index (χ0n) is 18.9. The number of amides is 1. The smallest absolute Gasteiger partial charge is 0.255 e. The third-order valence-corrected chi connectivity index (χ3v) is 5.59. The molecule has 1 aromatic carbocycles. The number of aryl methyl sites for hydroxylation is 3. The molecule has 1 aliphatic heterocycles. The summed E-state index contributed by atoms with van der Waals surface area (Å²) in [5.41, 5.74) is 4.05. The van der Waals surface area contributed by atoms with Crippen molar-refractivity contribution in [1.29, 1.82) is 0 Å². The second-order valence-corrected chi connectivity index (χ2v) is 8.05. The standard InChI is InChI=1S/C24H28N6O2/c1-15-12-16(2)28-24(27-15)30-11-5-6-21(30)22-20(14-25-17(3)29-22)23(31)26-13-18-7-9-19(32-4)10-8-18/h7-10,12,14,21H,5-6,11,13H2,1-4H3,(H,26,31). The molecule has 0 radical (unpaired) electrons. The van der Waals surface area contributed by atoms with E-state index in [4.69, 9.17) is 4.74 Å². The van der Waals surface area contributed by atoms with Crippen molar-refractivity contribution in [3.63, 3.8) is 0 Å².